The van der Waals surface area contributed by atoms with E-state index >= 15 is 0 Å². The summed E-state index contributed by atoms with van der Waals surface area (Å²) in [6, 6.07) is 8.56. The topological polar surface area (TPSA) is 32.3 Å². The molecule has 0 atom stereocenters. The van der Waals surface area contributed by atoms with Gasteiger partial charge in [0.1, 0.15) is 0 Å². The van der Waals surface area contributed by atoms with Gasteiger partial charge >= 0.3 is 0 Å². The van der Waals surface area contributed by atoms with Gasteiger partial charge in [0.05, 0.1) is 5.60 Å². The van der Waals surface area contributed by atoms with Crippen molar-refractivity contribution in [3.63, 3.8) is 0 Å². The first-order chi connectivity index (χ1) is 7.72. The zero-order valence-corrected chi connectivity index (χ0v) is 10.5. The van der Waals surface area contributed by atoms with Crippen molar-refractivity contribution in [2.45, 2.75) is 36.3 Å². The van der Waals surface area contributed by atoms with Crippen LogP contribution in [0.3, 0.4) is 0 Å². The molecule has 2 nitrogen and oxygen atoms in total. The summed E-state index contributed by atoms with van der Waals surface area (Å²) < 4.78 is 0. The SMILES string of the molecule is CSc1ccc(CNCC2(O)CCC2)cc1. The third kappa shape index (κ3) is 3.00. The van der Waals surface area contributed by atoms with Gasteiger partial charge in [0, 0.05) is 18.0 Å². The number of aliphatic hydroxyl groups is 1. The number of thioether (sulfide) groups is 1. The monoisotopic (exact) mass is 237 g/mol. The molecule has 0 spiro atoms. The standard InChI is InChI=1S/C13H19NOS/c1-16-12-5-3-11(4-6-12)9-14-10-13(15)7-2-8-13/h3-6,14-15H,2,7-10H2,1H3. The summed E-state index contributed by atoms with van der Waals surface area (Å²) in [6.07, 6.45) is 5.15. The van der Waals surface area contributed by atoms with Gasteiger partial charge in [0.15, 0.2) is 0 Å². The van der Waals surface area contributed by atoms with Crippen molar-refractivity contribution in [3.05, 3.63) is 29.8 Å². The third-order valence-electron chi connectivity index (χ3n) is 3.23. The van der Waals surface area contributed by atoms with E-state index in [1.165, 1.54) is 16.9 Å². The van der Waals surface area contributed by atoms with Gasteiger partial charge in [0.25, 0.3) is 0 Å². The quantitative estimate of drug-likeness (QED) is 0.771. The Bertz CT molecular complexity index is 332. The van der Waals surface area contributed by atoms with Gasteiger partial charge in [-0.3, -0.25) is 0 Å². The number of rotatable bonds is 5. The molecule has 0 bridgehead atoms. The Labute approximate surface area is 101 Å². The molecule has 1 aliphatic carbocycles. The Balaban J connectivity index is 1.76. The van der Waals surface area contributed by atoms with Crippen molar-refractivity contribution < 1.29 is 5.11 Å². The fourth-order valence-corrected chi connectivity index (χ4v) is 2.35. The average Bonchev–Trinajstić information content (AvgIpc) is 2.28. The molecule has 0 radical (unpaired) electrons. The number of hydrogen-bond acceptors (Lipinski definition) is 3. The van der Waals surface area contributed by atoms with Crippen LogP contribution in [0.2, 0.25) is 0 Å². The molecule has 2 N–H and O–H groups in total. The lowest BCUT2D eigenvalue weighted by Gasteiger charge is -2.36. The second-order valence-electron chi connectivity index (χ2n) is 4.53. The van der Waals surface area contributed by atoms with Crippen LogP contribution in [0.15, 0.2) is 29.2 Å². The highest BCUT2D eigenvalue weighted by molar-refractivity contribution is 7.98. The van der Waals surface area contributed by atoms with Crippen molar-refractivity contribution in [2.75, 3.05) is 12.8 Å². The van der Waals surface area contributed by atoms with E-state index in [0.29, 0.717) is 0 Å². The first kappa shape index (κ1) is 12.0. The smallest absolute Gasteiger partial charge is 0.0771 e. The van der Waals surface area contributed by atoms with Gasteiger partial charge < -0.3 is 10.4 Å². The average molecular weight is 237 g/mol. The van der Waals surface area contributed by atoms with E-state index in [4.69, 9.17) is 0 Å². The van der Waals surface area contributed by atoms with Crippen molar-refractivity contribution in [1.82, 2.24) is 5.32 Å². The van der Waals surface area contributed by atoms with Crippen LogP contribution in [0.4, 0.5) is 0 Å². The summed E-state index contributed by atoms with van der Waals surface area (Å²) >= 11 is 1.76. The fraction of sp³-hybridized carbons (Fsp3) is 0.538. The van der Waals surface area contributed by atoms with Gasteiger partial charge in [0.2, 0.25) is 0 Å². The molecule has 16 heavy (non-hydrogen) atoms. The zero-order chi connectivity index (χ0) is 11.4. The molecular weight excluding hydrogens is 218 g/mol. The van der Waals surface area contributed by atoms with E-state index in [0.717, 1.165) is 25.9 Å². The molecule has 2 rings (SSSR count). The Hall–Kier alpha value is -0.510. The molecule has 0 amide bonds. The number of hydrogen-bond donors (Lipinski definition) is 2. The van der Waals surface area contributed by atoms with Gasteiger partial charge in [-0.2, -0.15) is 0 Å². The van der Waals surface area contributed by atoms with Gasteiger partial charge in [-0.1, -0.05) is 12.1 Å². The van der Waals surface area contributed by atoms with Crippen LogP contribution in [0.5, 0.6) is 0 Å². The van der Waals surface area contributed by atoms with E-state index in [1.807, 2.05) is 0 Å². The maximum atomic E-state index is 9.90. The lowest BCUT2D eigenvalue weighted by atomic mass is 9.80. The number of nitrogens with one attached hydrogen (secondary N) is 1. The molecule has 3 heteroatoms. The molecule has 0 heterocycles. The highest BCUT2D eigenvalue weighted by Crippen LogP contribution is 2.30. The third-order valence-corrected chi connectivity index (χ3v) is 3.97. The van der Waals surface area contributed by atoms with Crippen LogP contribution in [-0.2, 0) is 6.54 Å². The lowest BCUT2D eigenvalue weighted by Crippen LogP contribution is -2.45. The second kappa shape index (κ2) is 5.21. The molecular formula is C13H19NOS. The summed E-state index contributed by atoms with van der Waals surface area (Å²) in [7, 11) is 0. The minimum Gasteiger partial charge on any atom is -0.389 e. The van der Waals surface area contributed by atoms with Crippen LogP contribution >= 0.6 is 11.8 Å². The van der Waals surface area contributed by atoms with E-state index in [-0.39, 0.29) is 0 Å². The van der Waals surface area contributed by atoms with Crippen molar-refractivity contribution in [1.29, 1.82) is 0 Å². The Morgan fingerprint density at radius 1 is 1.31 bits per heavy atom. The van der Waals surface area contributed by atoms with Gasteiger partial charge in [-0.15, -0.1) is 11.8 Å². The molecule has 88 valence electrons. The van der Waals surface area contributed by atoms with Crippen LogP contribution in [-0.4, -0.2) is 23.5 Å². The van der Waals surface area contributed by atoms with Crippen LogP contribution in [0, 0.1) is 0 Å². The summed E-state index contributed by atoms with van der Waals surface area (Å²) in [5, 5.41) is 13.2. The van der Waals surface area contributed by atoms with Crippen LogP contribution in [0.1, 0.15) is 24.8 Å². The Morgan fingerprint density at radius 2 is 2.00 bits per heavy atom. The van der Waals surface area contributed by atoms with E-state index in [1.54, 1.807) is 11.8 Å². The largest absolute Gasteiger partial charge is 0.389 e. The second-order valence-corrected chi connectivity index (χ2v) is 5.41. The maximum Gasteiger partial charge on any atom is 0.0771 e. The predicted molar refractivity (Wildman–Crippen MR) is 68.7 cm³/mol. The van der Waals surface area contributed by atoms with Crippen molar-refractivity contribution in [2.24, 2.45) is 0 Å². The molecule has 0 aromatic heterocycles. The van der Waals surface area contributed by atoms with Gasteiger partial charge in [-0.25, -0.2) is 0 Å². The van der Waals surface area contributed by atoms with Crippen molar-refractivity contribution in [3.8, 4) is 0 Å². The summed E-state index contributed by atoms with van der Waals surface area (Å²) in [4.78, 5) is 1.29. The zero-order valence-electron chi connectivity index (χ0n) is 9.70. The minimum absolute atomic E-state index is 0.417. The molecule has 1 aromatic carbocycles. The molecule has 1 aromatic rings. The summed E-state index contributed by atoms with van der Waals surface area (Å²) in [6.45, 7) is 1.56. The molecule has 1 fully saturated rings. The molecule has 0 unspecified atom stereocenters. The van der Waals surface area contributed by atoms with Crippen molar-refractivity contribution >= 4 is 11.8 Å². The molecule has 1 saturated carbocycles. The first-order valence-corrected chi connectivity index (χ1v) is 7.00. The summed E-state index contributed by atoms with van der Waals surface area (Å²) in [5.74, 6) is 0. The number of benzene rings is 1. The van der Waals surface area contributed by atoms with E-state index in [2.05, 4.69) is 35.8 Å². The summed E-state index contributed by atoms with van der Waals surface area (Å²) in [5.41, 5.74) is 0.861. The molecule has 1 aliphatic rings. The normalized spacial score (nSPS) is 18.1. The van der Waals surface area contributed by atoms with Crippen LogP contribution in [0.25, 0.3) is 0 Å². The van der Waals surface area contributed by atoms with E-state index < -0.39 is 5.60 Å². The highest BCUT2D eigenvalue weighted by Gasteiger charge is 2.33. The molecule has 0 saturated heterocycles. The predicted octanol–water partition coefficient (Wildman–Crippen LogP) is 2.41. The maximum absolute atomic E-state index is 9.90. The highest BCUT2D eigenvalue weighted by atomic mass is 32.2. The lowest BCUT2D eigenvalue weighted by molar-refractivity contribution is -0.0314. The van der Waals surface area contributed by atoms with Crippen LogP contribution < -0.4 is 5.32 Å². The minimum atomic E-state index is -0.417. The Morgan fingerprint density at radius 3 is 2.50 bits per heavy atom. The fourth-order valence-electron chi connectivity index (χ4n) is 1.94. The van der Waals surface area contributed by atoms with E-state index in [9.17, 15) is 5.11 Å². The molecule has 0 aliphatic heterocycles. The first-order valence-electron chi connectivity index (χ1n) is 5.78. The van der Waals surface area contributed by atoms with Gasteiger partial charge in [-0.05, 0) is 43.2 Å². The Kier molecular flexibility index (Phi) is 3.90.